The molecule has 2 aliphatic heterocycles. The minimum absolute atomic E-state index is 0.507. The van der Waals surface area contributed by atoms with E-state index in [2.05, 4.69) is 18.7 Å². The van der Waals surface area contributed by atoms with E-state index < -0.39 is 0 Å². The van der Waals surface area contributed by atoms with Gasteiger partial charge in [0.1, 0.15) is 0 Å². The Kier molecular flexibility index (Phi) is 3.13. The van der Waals surface area contributed by atoms with Crippen LogP contribution >= 0.6 is 0 Å². The summed E-state index contributed by atoms with van der Waals surface area (Å²) in [7, 11) is 0. The van der Waals surface area contributed by atoms with Crippen LogP contribution in [0.3, 0.4) is 0 Å². The Labute approximate surface area is 87.6 Å². The zero-order chi connectivity index (χ0) is 10.0. The van der Waals surface area contributed by atoms with Gasteiger partial charge in [-0.15, -0.1) is 0 Å². The second-order valence-corrected chi connectivity index (χ2v) is 4.77. The maximum absolute atomic E-state index is 5.33. The highest BCUT2D eigenvalue weighted by atomic mass is 16.5. The molecule has 0 spiro atoms. The molecule has 0 amide bonds. The lowest BCUT2D eigenvalue weighted by Crippen LogP contribution is -2.61. The van der Waals surface area contributed by atoms with E-state index in [0.29, 0.717) is 5.54 Å². The van der Waals surface area contributed by atoms with E-state index in [1.54, 1.807) is 0 Å². The third kappa shape index (κ3) is 1.59. The Morgan fingerprint density at radius 2 is 1.93 bits per heavy atom. The number of nitrogens with zero attached hydrogens (tertiary/aromatic N) is 1. The average molecular weight is 197 g/mol. The van der Waals surface area contributed by atoms with Crippen molar-refractivity contribution in [2.45, 2.75) is 57.5 Å². The van der Waals surface area contributed by atoms with Gasteiger partial charge in [0, 0.05) is 5.54 Å². The molecule has 0 radical (unpaired) electrons. The largest absolute Gasteiger partial charge is 0.378 e. The van der Waals surface area contributed by atoms with Crippen molar-refractivity contribution >= 4 is 0 Å². The van der Waals surface area contributed by atoms with Gasteiger partial charge in [0.05, 0.1) is 19.3 Å². The highest BCUT2D eigenvalue weighted by molar-refractivity contribution is 4.96. The van der Waals surface area contributed by atoms with Crippen LogP contribution in [0.15, 0.2) is 0 Å². The van der Waals surface area contributed by atoms with E-state index in [1.807, 2.05) is 0 Å². The minimum Gasteiger partial charge on any atom is -0.378 e. The molecule has 2 saturated heterocycles. The first-order valence-corrected chi connectivity index (χ1v) is 6.17. The lowest BCUT2D eigenvalue weighted by Gasteiger charge is -2.52. The molecule has 0 saturated carbocycles. The molecule has 0 aliphatic carbocycles. The second-order valence-electron chi connectivity index (χ2n) is 4.77. The molecule has 14 heavy (non-hydrogen) atoms. The molecule has 2 nitrogen and oxygen atoms in total. The van der Waals surface area contributed by atoms with Gasteiger partial charge >= 0.3 is 0 Å². The molecule has 0 aromatic carbocycles. The van der Waals surface area contributed by atoms with Crippen molar-refractivity contribution < 1.29 is 4.74 Å². The summed E-state index contributed by atoms with van der Waals surface area (Å²) < 4.78 is 5.33. The fourth-order valence-electron chi connectivity index (χ4n) is 3.10. The molecule has 2 rings (SSSR count). The van der Waals surface area contributed by atoms with Gasteiger partial charge in [-0.2, -0.15) is 0 Å². The lowest BCUT2D eigenvalue weighted by molar-refractivity contribution is -0.119. The van der Waals surface area contributed by atoms with Crippen molar-refractivity contribution in [3.8, 4) is 0 Å². The smallest absolute Gasteiger partial charge is 0.0645 e. The fraction of sp³-hybridized carbons (Fsp3) is 1.00. The standard InChI is InChI=1S/C12H23NO/c1-3-12(4-2)7-5-6-8-13(12)11-9-14-10-11/h11H,3-10H2,1-2H3. The van der Waals surface area contributed by atoms with Gasteiger partial charge in [0.15, 0.2) is 0 Å². The first-order chi connectivity index (χ1) is 6.82. The summed E-state index contributed by atoms with van der Waals surface area (Å²) >= 11 is 0. The number of hydrogen-bond acceptors (Lipinski definition) is 2. The van der Waals surface area contributed by atoms with Gasteiger partial charge in [-0.3, -0.25) is 4.90 Å². The highest BCUT2D eigenvalue weighted by Crippen LogP contribution is 2.36. The van der Waals surface area contributed by atoms with Gasteiger partial charge in [-0.05, 0) is 32.2 Å². The predicted octanol–water partition coefficient (Wildman–Crippen LogP) is 2.43. The van der Waals surface area contributed by atoms with Crippen LogP contribution in [-0.4, -0.2) is 36.2 Å². The Bertz CT molecular complexity index is 185. The zero-order valence-electron chi connectivity index (χ0n) is 9.59. The van der Waals surface area contributed by atoms with Gasteiger partial charge in [0.25, 0.3) is 0 Å². The summed E-state index contributed by atoms with van der Waals surface area (Å²) in [5, 5.41) is 0. The number of hydrogen-bond donors (Lipinski definition) is 0. The summed E-state index contributed by atoms with van der Waals surface area (Å²) in [6.45, 7) is 7.95. The minimum atomic E-state index is 0.507. The SMILES string of the molecule is CCC1(CC)CCCCN1C1COC1. The van der Waals surface area contributed by atoms with Crippen LogP contribution in [0.5, 0.6) is 0 Å². The number of rotatable bonds is 3. The maximum Gasteiger partial charge on any atom is 0.0645 e. The third-order valence-corrected chi connectivity index (χ3v) is 4.28. The molecule has 0 aromatic rings. The summed E-state index contributed by atoms with van der Waals surface area (Å²) in [5.41, 5.74) is 0.507. The molecule has 0 N–H and O–H groups in total. The van der Waals surface area contributed by atoms with E-state index in [1.165, 1.54) is 38.6 Å². The summed E-state index contributed by atoms with van der Waals surface area (Å²) in [4.78, 5) is 2.75. The van der Waals surface area contributed by atoms with Crippen molar-refractivity contribution in [1.82, 2.24) is 4.90 Å². The van der Waals surface area contributed by atoms with Crippen LogP contribution < -0.4 is 0 Å². The quantitative estimate of drug-likeness (QED) is 0.689. The van der Waals surface area contributed by atoms with E-state index >= 15 is 0 Å². The molecule has 0 unspecified atom stereocenters. The molecular formula is C12H23NO. The van der Waals surface area contributed by atoms with E-state index in [0.717, 1.165) is 19.3 Å². The predicted molar refractivity (Wildman–Crippen MR) is 58.5 cm³/mol. The first-order valence-electron chi connectivity index (χ1n) is 6.17. The normalized spacial score (nSPS) is 28.7. The molecule has 82 valence electrons. The van der Waals surface area contributed by atoms with Crippen LogP contribution in [0.1, 0.15) is 46.0 Å². The molecular weight excluding hydrogens is 174 g/mol. The summed E-state index contributed by atoms with van der Waals surface area (Å²) in [5.74, 6) is 0. The molecule has 0 bridgehead atoms. The van der Waals surface area contributed by atoms with Gasteiger partial charge in [-0.25, -0.2) is 0 Å². The Balaban J connectivity index is 2.08. The summed E-state index contributed by atoms with van der Waals surface area (Å²) in [6, 6.07) is 0.732. The molecule has 2 fully saturated rings. The van der Waals surface area contributed by atoms with Crippen molar-refractivity contribution in [3.05, 3.63) is 0 Å². The number of likely N-dealkylation sites (tertiary alicyclic amines) is 1. The maximum atomic E-state index is 5.33. The Morgan fingerprint density at radius 1 is 1.21 bits per heavy atom. The van der Waals surface area contributed by atoms with Crippen molar-refractivity contribution in [2.75, 3.05) is 19.8 Å². The number of piperidine rings is 1. The van der Waals surface area contributed by atoms with E-state index in [9.17, 15) is 0 Å². The molecule has 2 heterocycles. The van der Waals surface area contributed by atoms with E-state index in [-0.39, 0.29) is 0 Å². The summed E-state index contributed by atoms with van der Waals surface area (Å²) in [6.07, 6.45) is 6.82. The zero-order valence-corrected chi connectivity index (χ0v) is 9.59. The van der Waals surface area contributed by atoms with Gasteiger partial charge in [0.2, 0.25) is 0 Å². The fourth-order valence-corrected chi connectivity index (χ4v) is 3.10. The van der Waals surface area contributed by atoms with Gasteiger partial charge < -0.3 is 4.74 Å². The third-order valence-electron chi connectivity index (χ3n) is 4.28. The van der Waals surface area contributed by atoms with Crippen molar-refractivity contribution in [1.29, 1.82) is 0 Å². The van der Waals surface area contributed by atoms with Crippen LogP contribution in [0.4, 0.5) is 0 Å². The van der Waals surface area contributed by atoms with E-state index in [4.69, 9.17) is 4.74 Å². The first kappa shape index (κ1) is 10.4. The Hall–Kier alpha value is -0.0800. The van der Waals surface area contributed by atoms with Crippen molar-refractivity contribution in [3.63, 3.8) is 0 Å². The number of ether oxygens (including phenoxy) is 1. The second kappa shape index (κ2) is 4.19. The Morgan fingerprint density at radius 3 is 2.43 bits per heavy atom. The van der Waals surface area contributed by atoms with Crippen LogP contribution in [0.25, 0.3) is 0 Å². The van der Waals surface area contributed by atoms with Crippen LogP contribution in [0.2, 0.25) is 0 Å². The molecule has 0 aromatic heterocycles. The van der Waals surface area contributed by atoms with Gasteiger partial charge in [-0.1, -0.05) is 20.3 Å². The van der Waals surface area contributed by atoms with Crippen molar-refractivity contribution in [2.24, 2.45) is 0 Å². The van der Waals surface area contributed by atoms with Crippen LogP contribution in [0, 0.1) is 0 Å². The lowest BCUT2D eigenvalue weighted by atomic mass is 9.80. The highest BCUT2D eigenvalue weighted by Gasteiger charge is 2.41. The average Bonchev–Trinajstić information content (AvgIpc) is 2.17. The molecule has 2 aliphatic rings. The monoisotopic (exact) mass is 197 g/mol. The van der Waals surface area contributed by atoms with Crippen LogP contribution in [-0.2, 0) is 4.74 Å². The molecule has 0 atom stereocenters. The molecule has 2 heteroatoms. The topological polar surface area (TPSA) is 12.5 Å².